The zero-order chi connectivity index (χ0) is 10.2. The Labute approximate surface area is 102 Å². The maximum absolute atomic E-state index is 5.33. The molecule has 0 heterocycles. The van der Waals surface area contributed by atoms with Gasteiger partial charge >= 0.3 is 0 Å². The molecule has 1 rings (SSSR count). The van der Waals surface area contributed by atoms with E-state index in [4.69, 9.17) is 4.74 Å². The van der Waals surface area contributed by atoms with E-state index in [1.807, 2.05) is 0 Å². The molecule has 0 aromatic rings. The lowest BCUT2D eigenvalue weighted by Crippen LogP contribution is -2.12. The maximum atomic E-state index is 5.33. The second-order valence-corrected chi connectivity index (χ2v) is 5.26. The Balaban J connectivity index is 1.91. The first-order valence-corrected chi connectivity index (χ1v) is 7.49. The van der Waals surface area contributed by atoms with Gasteiger partial charge in [-0.1, -0.05) is 68.0 Å². The lowest BCUT2D eigenvalue weighted by molar-refractivity contribution is 0.179. The highest BCUT2D eigenvalue weighted by Crippen LogP contribution is 2.31. The van der Waals surface area contributed by atoms with Crippen LogP contribution in [0.2, 0.25) is 0 Å². The summed E-state index contributed by atoms with van der Waals surface area (Å²) in [6.07, 6.45) is 9.97. The van der Waals surface area contributed by atoms with E-state index in [2.05, 4.69) is 29.5 Å². The van der Waals surface area contributed by atoms with Crippen LogP contribution in [0.4, 0.5) is 0 Å². The summed E-state index contributed by atoms with van der Waals surface area (Å²) in [5, 5.41) is 0. The molecule has 1 saturated carbocycles. The van der Waals surface area contributed by atoms with Crippen LogP contribution in [0, 0.1) is 11.8 Å². The van der Waals surface area contributed by atoms with Crippen molar-refractivity contribution < 1.29 is 4.74 Å². The van der Waals surface area contributed by atoms with Gasteiger partial charge in [-0.25, -0.2) is 0 Å². The monoisotopic (exact) mass is 310 g/mol. The molecule has 0 aromatic carbocycles. The number of ether oxygens (including phenoxy) is 1. The van der Waals surface area contributed by atoms with Gasteiger partial charge in [-0.2, -0.15) is 0 Å². The quantitative estimate of drug-likeness (QED) is 0.401. The summed E-state index contributed by atoms with van der Waals surface area (Å²) in [5.74, 6) is 2.03. The molecule has 0 saturated heterocycles. The van der Waals surface area contributed by atoms with E-state index in [0.29, 0.717) is 0 Å². The van der Waals surface area contributed by atoms with Crippen molar-refractivity contribution >= 4 is 22.6 Å². The Kier molecular flexibility index (Phi) is 7.21. The molecule has 84 valence electrons. The van der Waals surface area contributed by atoms with E-state index in [1.165, 1.54) is 44.9 Å². The van der Waals surface area contributed by atoms with E-state index < -0.39 is 0 Å². The molecule has 0 aliphatic heterocycles. The maximum Gasteiger partial charge on any atom is 0.0979 e. The van der Waals surface area contributed by atoms with Crippen molar-refractivity contribution in [2.45, 2.75) is 51.9 Å². The largest absolute Gasteiger partial charge is 0.371 e. The number of unbranched alkanes of at least 4 members (excludes halogenated alkanes) is 1. The van der Waals surface area contributed by atoms with E-state index in [-0.39, 0.29) is 0 Å². The van der Waals surface area contributed by atoms with Gasteiger partial charge in [-0.15, -0.1) is 0 Å². The summed E-state index contributed by atoms with van der Waals surface area (Å²) in [6.45, 7) is 3.36. The predicted molar refractivity (Wildman–Crippen MR) is 69.8 cm³/mol. The fourth-order valence-electron chi connectivity index (χ4n) is 2.31. The molecule has 0 N–H and O–H groups in total. The first kappa shape index (κ1) is 12.8. The second kappa shape index (κ2) is 7.91. The first-order valence-electron chi connectivity index (χ1n) is 5.96. The molecule has 0 amide bonds. The summed E-state index contributed by atoms with van der Waals surface area (Å²) in [4.78, 5) is 0. The van der Waals surface area contributed by atoms with Crippen molar-refractivity contribution in [3.8, 4) is 0 Å². The van der Waals surface area contributed by atoms with Crippen LogP contribution in [-0.4, -0.2) is 11.2 Å². The molecule has 14 heavy (non-hydrogen) atoms. The summed E-state index contributed by atoms with van der Waals surface area (Å²) in [5.41, 5.74) is 0. The third kappa shape index (κ3) is 5.54. The Bertz CT molecular complexity index is 130. The standard InChI is InChI=1S/C12H23IO/c1-11-5-7-12(8-6-11)4-2-3-9-14-10-13/h11-12H,2-10H2,1H3. The Hall–Kier alpha value is 0.690. The highest BCUT2D eigenvalue weighted by atomic mass is 127. The lowest BCUT2D eigenvalue weighted by atomic mass is 9.81. The summed E-state index contributed by atoms with van der Waals surface area (Å²) < 4.78 is 6.17. The molecular weight excluding hydrogens is 287 g/mol. The lowest BCUT2D eigenvalue weighted by Gasteiger charge is -2.25. The van der Waals surface area contributed by atoms with Crippen molar-refractivity contribution in [3.05, 3.63) is 0 Å². The van der Waals surface area contributed by atoms with Crippen LogP contribution in [0.3, 0.4) is 0 Å². The molecule has 1 aliphatic carbocycles. The molecular formula is C12H23IO. The summed E-state index contributed by atoms with van der Waals surface area (Å²) in [7, 11) is 0. The van der Waals surface area contributed by atoms with Crippen LogP contribution in [0.15, 0.2) is 0 Å². The topological polar surface area (TPSA) is 9.23 Å². The molecule has 0 radical (unpaired) electrons. The zero-order valence-corrected chi connectivity index (χ0v) is 11.5. The Morgan fingerprint density at radius 3 is 2.50 bits per heavy atom. The van der Waals surface area contributed by atoms with E-state index in [1.54, 1.807) is 0 Å². The predicted octanol–water partition coefficient (Wildman–Crippen LogP) is 4.39. The molecule has 0 atom stereocenters. The van der Waals surface area contributed by atoms with Crippen LogP contribution in [-0.2, 0) is 4.74 Å². The highest BCUT2D eigenvalue weighted by molar-refractivity contribution is 14.1. The third-order valence-electron chi connectivity index (χ3n) is 3.36. The fourth-order valence-corrected chi connectivity index (χ4v) is 2.62. The van der Waals surface area contributed by atoms with Gasteiger partial charge in [-0.3, -0.25) is 0 Å². The van der Waals surface area contributed by atoms with Gasteiger partial charge in [0.25, 0.3) is 0 Å². The molecule has 0 spiro atoms. The van der Waals surface area contributed by atoms with Gasteiger partial charge in [-0.05, 0) is 18.3 Å². The average Bonchev–Trinajstić information content (AvgIpc) is 2.21. The molecule has 0 unspecified atom stereocenters. The minimum Gasteiger partial charge on any atom is -0.371 e. The van der Waals surface area contributed by atoms with Crippen molar-refractivity contribution in [1.82, 2.24) is 0 Å². The van der Waals surface area contributed by atoms with E-state index >= 15 is 0 Å². The van der Waals surface area contributed by atoms with Crippen molar-refractivity contribution in [3.63, 3.8) is 0 Å². The zero-order valence-electron chi connectivity index (χ0n) is 9.30. The van der Waals surface area contributed by atoms with Gasteiger partial charge in [0.1, 0.15) is 0 Å². The number of alkyl halides is 1. The molecule has 1 nitrogen and oxygen atoms in total. The van der Waals surface area contributed by atoms with Gasteiger partial charge in [0.15, 0.2) is 0 Å². The minimum atomic E-state index is 0.846. The Morgan fingerprint density at radius 1 is 1.14 bits per heavy atom. The Morgan fingerprint density at radius 2 is 1.86 bits per heavy atom. The van der Waals surface area contributed by atoms with Crippen LogP contribution in [0.1, 0.15) is 51.9 Å². The first-order chi connectivity index (χ1) is 6.83. The molecule has 1 fully saturated rings. The highest BCUT2D eigenvalue weighted by Gasteiger charge is 2.17. The summed E-state index contributed by atoms with van der Waals surface area (Å²) in [6, 6.07) is 0. The van der Waals surface area contributed by atoms with Crippen LogP contribution >= 0.6 is 22.6 Å². The van der Waals surface area contributed by atoms with Gasteiger partial charge in [0, 0.05) is 6.61 Å². The molecule has 0 bridgehead atoms. The summed E-state index contributed by atoms with van der Waals surface area (Å²) >= 11 is 2.26. The van der Waals surface area contributed by atoms with Crippen molar-refractivity contribution in [2.24, 2.45) is 11.8 Å². The van der Waals surface area contributed by atoms with Crippen molar-refractivity contribution in [2.75, 3.05) is 11.2 Å². The number of rotatable bonds is 6. The van der Waals surface area contributed by atoms with Gasteiger partial charge in [0.2, 0.25) is 0 Å². The fraction of sp³-hybridized carbons (Fsp3) is 1.00. The SMILES string of the molecule is CC1CCC(CCCCOCI)CC1. The minimum absolute atomic E-state index is 0.846. The van der Waals surface area contributed by atoms with Crippen LogP contribution < -0.4 is 0 Å². The molecule has 2 heteroatoms. The van der Waals surface area contributed by atoms with E-state index in [0.717, 1.165) is 23.1 Å². The van der Waals surface area contributed by atoms with Gasteiger partial charge < -0.3 is 4.74 Å². The van der Waals surface area contributed by atoms with Crippen LogP contribution in [0.25, 0.3) is 0 Å². The molecule has 1 aliphatic rings. The number of hydrogen-bond acceptors (Lipinski definition) is 1. The third-order valence-corrected chi connectivity index (χ3v) is 3.80. The molecule has 0 aromatic heterocycles. The van der Waals surface area contributed by atoms with Crippen molar-refractivity contribution in [1.29, 1.82) is 0 Å². The number of hydrogen-bond donors (Lipinski definition) is 0. The number of halogens is 1. The van der Waals surface area contributed by atoms with Crippen LogP contribution in [0.5, 0.6) is 0 Å². The average molecular weight is 310 g/mol. The second-order valence-electron chi connectivity index (χ2n) is 4.64. The van der Waals surface area contributed by atoms with Gasteiger partial charge in [0.05, 0.1) is 4.61 Å². The smallest absolute Gasteiger partial charge is 0.0979 e. The normalized spacial score (nSPS) is 27.9. The van der Waals surface area contributed by atoms with E-state index in [9.17, 15) is 0 Å².